The van der Waals surface area contributed by atoms with Gasteiger partial charge in [0.2, 0.25) is 0 Å². The van der Waals surface area contributed by atoms with Crippen molar-refractivity contribution in [2.24, 2.45) is 7.05 Å². The summed E-state index contributed by atoms with van der Waals surface area (Å²) in [4.78, 5) is 0. The fraction of sp³-hybridized carbons (Fsp3) is 0.200. The van der Waals surface area contributed by atoms with E-state index in [-0.39, 0.29) is 5.82 Å². The van der Waals surface area contributed by atoms with Crippen LogP contribution in [0.15, 0.2) is 24.4 Å². The second-order valence-electron chi connectivity index (χ2n) is 3.11. The van der Waals surface area contributed by atoms with Gasteiger partial charge < -0.3 is 4.57 Å². The maximum Gasteiger partial charge on any atom is 0.148 e. The molecule has 0 fully saturated rings. The predicted octanol–water partition coefficient (Wildman–Crippen LogP) is 2.63. The molecule has 0 aliphatic carbocycles. The molecule has 0 saturated carbocycles. The zero-order valence-corrected chi connectivity index (χ0v) is 7.13. The quantitative estimate of drug-likeness (QED) is 0.562. The van der Waals surface area contributed by atoms with Crippen LogP contribution in [0, 0.1) is 12.7 Å². The topological polar surface area (TPSA) is 4.93 Å². The predicted molar refractivity (Wildman–Crippen MR) is 47.6 cm³/mol. The minimum Gasteiger partial charge on any atom is -0.348 e. The Balaban J connectivity index is 2.90. The Morgan fingerprint density at radius 1 is 1.33 bits per heavy atom. The molecule has 0 spiro atoms. The van der Waals surface area contributed by atoms with Crippen molar-refractivity contribution in [2.75, 3.05) is 0 Å². The fourth-order valence-corrected chi connectivity index (χ4v) is 1.46. The first-order chi connectivity index (χ1) is 5.68. The van der Waals surface area contributed by atoms with E-state index in [2.05, 4.69) is 0 Å². The standard InChI is InChI=1S/C10H10FN/c1-7-3-4-10-8(5-7)9(11)6-12(10)2/h3-6H,1-2H3. The van der Waals surface area contributed by atoms with E-state index in [1.807, 2.05) is 32.2 Å². The fourth-order valence-electron chi connectivity index (χ4n) is 1.46. The molecule has 0 atom stereocenters. The first-order valence-electron chi connectivity index (χ1n) is 3.89. The maximum absolute atomic E-state index is 13.2. The van der Waals surface area contributed by atoms with Crippen molar-refractivity contribution >= 4 is 10.9 Å². The first kappa shape index (κ1) is 7.35. The van der Waals surface area contributed by atoms with Gasteiger partial charge in [-0.3, -0.25) is 0 Å². The van der Waals surface area contributed by atoms with Crippen LogP contribution in [0.1, 0.15) is 5.56 Å². The Morgan fingerprint density at radius 2 is 2.08 bits per heavy atom. The van der Waals surface area contributed by atoms with Crippen LogP contribution in [0.5, 0.6) is 0 Å². The normalized spacial score (nSPS) is 10.9. The van der Waals surface area contributed by atoms with Gasteiger partial charge in [-0.1, -0.05) is 11.6 Å². The minimum atomic E-state index is -0.142. The molecule has 2 aromatic rings. The van der Waals surface area contributed by atoms with Crippen LogP contribution in [0.3, 0.4) is 0 Å². The molecule has 2 rings (SSSR count). The first-order valence-corrected chi connectivity index (χ1v) is 3.89. The summed E-state index contributed by atoms with van der Waals surface area (Å²) in [5.41, 5.74) is 2.03. The Hall–Kier alpha value is -1.31. The molecule has 1 aromatic carbocycles. The average molecular weight is 163 g/mol. The third kappa shape index (κ3) is 0.916. The van der Waals surface area contributed by atoms with Crippen LogP contribution in [-0.4, -0.2) is 4.57 Å². The summed E-state index contributed by atoms with van der Waals surface area (Å²) in [7, 11) is 1.85. The summed E-state index contributed by atoms with van der Waals surface area (Å²) in [5, 5.41) is 0.706. The van der Waals surface area contributed by atoms with Gasteiger partial charge in [0.15, 0.2) is 0 Å². The van der Waals surface area contributed by atoms with Crippen molar-refractivity contribution in [1.82, 2.24) is 4.57 Å². The number of rotatable bonds is 0. The van der Waals surface area contributed by atoms with Crippen LogP contribution in [0.25, 0.3) is 10.9 Å². The van der Waals surface area contributed by atoms with Crippen molar-refractivity contribution in [2.45, 2.75) is 6.92 Å². The van der Waals surface area contributed by atoms with Gasteiger partial charge in [-0.05, 0) is 19.1 Å². The molecular weight excluding hydrogens is 153 g/mol. The van der Waals surface area contributed by atoms with E-state index >= 15 is 0 Å². The number of hydrogen-bond acceptors (Lipinski definition) is 0. The highest BCUT2D eigenvalue weighted by molar-refractivity contribution is 5.81. The van der Waals surface area contributed by atoms with Gasteiger partial charge in [0.1, 0.15) is 5.82 Å². The average Bonchev–Trinajstić information content (AvgIpc) is 2.28. The number of aromatic nitrogens is 1. The van der Waals surface area contributed by atoms with Crippen LogP contribution in [0.2, 0.25) is 0 Å². The van der Waals surface area contributed by atoms with Gasteiger partial charge in [0.25, 0.3) is 0 Å². The summed E-state index contributed by atoms with van der Waals surface area (Å²) in [5.74, 6) is -0.142. The lowest BCUT2D eigenvalue weighted by Gasteiger charge is -1.95. The molecule has 0 aliphatic heterocycles. The molecule has 0 aliphatic rings. The van der Waals surface area contributed by atoms with Crippen LogP contribution in [-0.2, 0) is 7.05 Å². The van der Waals surface area contributed by atoms with Crippen LogP contribution >= 0.6 is 0 Å². The summed E-state index contributed by atoms with van der Waals surface area (Å²) in [6, 6.07) is 5.79. The second-order valence-corrected chi connectivity index (χ2v) is 3.11. The van der Waals surface area contributed by atoms with Crippen molar-refractivity contribution < 1.29 is 4.39 Å². The van der Waals surface area contributed by atoms with Crippen molar-refractivity contribution in [3.8, 4) is 0 Å². The van der Waals surface area contributed by atoms with Crippen LogP contribution in [0.4, 0.5) is 4.39 Å². The van der Waals surface area contributed by atoms with Crippen molar-refractivity contribution in [1.29, 1.82) is 0 Å². The number of fused-ring (bicyclic) bond motifs is 1. The lowest BCUT2D eigenvalue weighted by molar-refractivity contribution is 0.633. The van der Waals surface area contributed by atoms with Gasteiger partial charge in [0.05, 0.1) is 5.52 Å². The molecule has 0 saturated heterocycles. The molecule has 0 amide bonds. The molecule has 0 unspecified atom stereocenters. The summed E-state index contributed by atoms with van der Waals surface area (Å²) >= 11 is 0. The number of benzene rings is 1. The number of nitrogens with zero attached hydrogens (tertiary/aromatic N) is 1. The zero-order valence-electron chi connectivity index (χ0n) is 7.13. The highest BCUT2D eigenvalue weighted by Gasteiger charge is 2.04. The minimum absolute atomic E-state index is 0.142. The van der Waals surface area contributed by atoms with Crippen molar-refractivity contribution in [3.63, 3.8) is 0 Å². The van der Waals surface area contributed by atoms with Gasteiger partial charge >= 0.3 is 0 Å². The van der Waals surface area contributed by atoms with Gasteiger partial charge in [-0.2, -0.15) is 0 Å². The monoisotopic (exact) mass is 163 g/mol. The van der Waals surface area contributed by atoms with Crippen molar-refractivity contribution in [3.05, 3.63) is 35.8 Å². The molecule has 0 bridgehead atoms. The Kier molecular flexibility index (Phi) is 1.43. The second kappa shape index (κ2) is 2.34. The highest BCUT2D eigenvalue weighted by atomic mass is 19.1. The Morgan fingerprint density at radius 3 is 2.83 bits per heavy atom. The van der Waals surface area contributed by atoms with E-state index in [1.54, 1.807) is 4.57 Å². The molecule has 1 aromatic heterocycles. The molecular formula is C10H10FN. The van der Waals surface area contributed by atoms with E-state index < -0.39 is 0 Å². The maximum atomic E-state index is 13.2. The molecule has 2 heteroatoms. The number of aryl methyl sites for hydroxylation is 2. The van der Waals surface area contributed by atoms with Gasteiger partial charge in [0, 0.05) is 18.6 Å². The smallest absolute Gasteiger partial charge is 0.148 e. The molecule has 12 heavy (non-hydrogen) atoms. The molecule has 1 heterocycles. The summed E-state index contributed by atoms with van der Waals surface area (Å²) < 4.78 is 15.0. The number of hydrogen-bond donors (Lipinski definition) is 0. The number of halogens is 1. The molecule has 0 radical (unpaired) electrons. The van der Waals surface area contributed by atoms with Gasteiger partial charge in [-0.15, -0.1) is 0 Å². The van der Waals surface area contributed by atoms with E-state index in [4.69, 9.17) is 0 Å². The molecule has 1 nitrogen and oxygen atoms in total. The summed E-state index contributed by atoms with van der Waals surface area (Å²) in [6.07, 6.45) is 1.50. The Labute approximate surface area is 70.4 Å². The van der Waals surface area contributed by atoms with E-state index in [0.29, 0.717) is 5.39 Å². The Bertz CT molecular complexity index is 429. The highest BCUT2D eigenvalue weighted by Crippen LogP contribution is 2.19. The SMILES string of the molecule is Cc1ccc2c(c1)c(F)cn2C. The van der Waals surface area contributed by atoms with E-state index in [9.17, 15) is 4.39 Å². The van der Waals surface area contributed by atoms with Gasteiger partial charge in [-0.25, -0.2) is 4.39 Å². The lowest BCUT2D eigenvalue weighted by atomic mass is 10.2. The lowest BCUT2D eigenvalue weighted by Crippen LogP contribution is -1.82. The van der Waals surface area contributed by atoms with Crippen LogP contribution < -0.4 is 0 Å². The summed E-state index contributed by atoms with van der Waals surface area (Å²) in [6.45, 7) is 1.96. The van der Waals surface area contributed by atoms with E-state index in [1.165, 1.54) is 6.20 Å². The zero-order chi connectivity index (χ0) is 8.72. The largest absolute Gasteiger partial charge is 0.348 e. The molecule has 0 N–H and O–H groups in total. The third-order valence-electron chi connectivity index (χ3n) is 2.10. The third-order valence-corrected chi connectivity index (χ3v) is 2.10. The molecule has 62 valence electrons. The van der Waals surface area contributed by atoms with E-state index in [0.717, 1.165) is 11.1 Å².